The first-order valence-electron chi connectivity index (χ1n) is 8.29. The molecule has 1 aromatic carbocycles. The molecule has 0 radical (unpaired) electrons. The minimum atomic E-state index is -1.16. The van der Waals surface area contributed by atoms with Crippen molar-refractivity contribution in [1.29, 1.82) is 0 Å². The van der Waals surface area contributed by atoms with Gasteiger partial charge in [0.1, 0.15) is 6.04 Å². The Morgan fingerprint density at radius 2 is 2.07 bits per heavy atom. The zero-order valence-electron chi connectivity index (χ0n) is 14.7. The summed E-state index contributed by atoms with van der Waals surface area (Å²) in [5.41, 5.74) is 0.951. The number of nitrogens with one attached hydrogen (secondary N) is 2. The number of rotatable bonds is 7. The average Bonchev–Trinajstić information content (AvgIpc) is 3.37. The van der Waals surface area contributed by atoms with Crippen molar-refractivity contribution in [2.45, 2.75) is 18.9 Å². The molecule has 0 saturated heterocycles. The lowest BCUT2D eigenvalue weighted by Crippen LogP contribution is -2.39. The van der Waals surface area contributed by atoms with Gasteiger partial charge in [-0.2, -0.15) is 16.3 Å². The highest BCUT2D eigenvalue weighted by atomic mass is 32.1. The van der Waals surface area contributed by atoms with Crippen molar-refractivity contribution in [3.63, 3.8) is 0 Å². The number of carbonyl (C=O) groups excluding carboxylic acids is 2. The van der Waals surface area contributed by atoms with Gasteiger partial charge in [-0.1, -0.05) is 11.2 Å². The fraction of sp³-hybridized carbons (Fsp3) is 0.222. The number of amides is 2. The summed E-state index contributed by atoms with van der Waals surface area (Å²) < 4.78 is 31.7. The van der Waals surface area contributed by atoms with Crippen LogP contribution < -0.4 is 10.6 Å². The number of benzene rings is 1. The van der Waals surface area contributed by atoms with Crippen LogP contribution in [0.1, 0.15) is 23.9 Å². The van der Waals surface area contributed by atoms with Crippen LogP contribution in [0.15, 0.2) is 39.5 Å². The second-order valence-corrected chi connectivity index (χ2v) is 6.59. The van der Waals surface area contributed by atoms with Crippen molar-refractivity contribution in [3.05, 3.63) is 58.1 Å². The van der Waals surface area contributed by atoms with E-state index in [4.69, 9.17) is 4.52 Å². The molecule has 7 nitrogen and oxygen atoms in total. The van der Waals surface area contributed by atoms with Crippen LogP contribution in [-0.2, 0) is 16.0 Å². The van der Waals surface area contributed by atoms with Crippen LogP contribution in [-0.4, -0.2) is 29.0 Å². The summed E-state index contributed by atoms with van der Waals surface area (Å²) in [7, 11) is 1.38. The normalized spacial score (nSPS) is 11.8. The molecule has 28 heavy (non-hydrogen) atoms. The number of nitrogens with zero attached hydrogens (tertiary/aromatic N) is 2. The summed E-state index contributed by atoms with van der Waals surface area (Å²) in [5.74, 6) is -2.47. The third kappa shape index (κ3) is 4.58. The Balaban J connectivity index is 1.64. The first-order valence-corrected chi connectivity index (χ1v) is 9.23. The van der Waals surface area contributed by atoms with Gasteiger partial charge in [-0.25, -0.2) is 8.78 Å². The molecule has 1 unspecified atom stereocenters. The smallest absolute Gasteiger partial charge is 0.246 e. The van der Waals surface area contributed by atoms with Crippen LogP contribution in [0.25, 0.3) is 11.4 Å². The van der Waals surface area contributed by atoms with E-state index in [1.54, 1.807) is 0 Å². The molecular weight excluding hydrogens is 390 g/mol. The van der Waals surface area contributed by atoms with E-state index >= 15 is 0 Å². The van der Waals surface area contributed by atoms with Crippen LogP contribution in [0.3, 0.4) is 0 Å². The number of aromatic nitrogens is 2. The van der Waals surface area contributed by atoms with E-state index in [1.807, 2.05) is 16.8 Å². The maximum Gasteiger partial charge on any atom is 0.246 e. The molecule has 1 atom stereocenters. The molecule has 10 heteroatoms. The monoisotopic (exact) mass is 406 g/mol. The van der Waals surface area contributed by atoms with E-state index in [0.29, 0.717) is 5.82 Å². The fourth-order valence-corrected chi connectivity index (χ4v) is 3.09. The first kappa shape index (κ1) is 19.6. The summed E-state index contributed by atoms with van der Waals surface area (Å²) in [5, 5.41) is 12.5. The van der Waals surface area contributed by atoms with Crippen LogP contribution in [0, 0.1) is 11.6 Å². The molecule has 2 heterocycles. The minimum absolute atomic E-state index is 0.0254. The molecule has 2 aromatic heterocycles. The van der Waals surface area contributed by atoms with Crippen molar-refractivity contribution in [2.24, 2.45) is 0 Å². The van der Waals surface area contributed by atoms with E-state index in [1.165, 1.54) is 24.5 Å². The maximum absolute atomic E-state index is 13.5. The summed E-state index contributed by atoms with van der Waals surface area (Å²) in [4.78, 5) is 28.5. The van der Waals surface area contributed by atoms with Gasteiger partial charge >= 0.3 is 0 Å². The number of likely N-dealkylation sites (N-methyl/N-ethyl adjacent to an activating group) is 1. The van der Waals surface area contributed by atoms with E-state index in [2.05, 4.69) is 20.8 Å². The lowest BCUT2D eigenvalue weighted by atomic mass is 10.1. The van der Waals surface area contributed by atoms with E-state index in [0.717, 1.165) is 17.7 Å². The number of hydrogen-bond donors (Lipinski definition) is 2. The molecule has 3 rings (SSSR count). The van der Waals surface area contributed by atoms with Crippen molar-refractivity contribution in [1.82, 2.24) is 20.8 Å². The Hall–Kier alpha value is -3.14. The fourth-order valence-electron chi connectivity index (χ4n) is 2.46. The average molecular weight is 406 g/mol. The van der Waals surface area contributed by atoms with Gasteiger partial charge in [-0.3, -0.25) is 9.59 Å². The summed E-state index contributed by atoms with van der Waals surface area (Å²) >= 11 is 1.50. The molecule has 0 aliphatic rings. The second kappa shape index (κ2) is 8.70. The summed E-state index contributed by atoms with van der Waals surface area (Å²) in [6.45, 7) is 0. The first-order chi connectivity index (χ1) is 13.5. The highest BCUT2D eigenvalue weighted by Crippen LogP contribution is 2.20. The van der Waals surface area contributed by atoms with Crippen LogP contribution >= 0.6 is 11.3 Å². The lowest BCUT2D eigenvalue weighted by Gasteiger charge is -2.17. The highest BCUT2D eigenvalue weighted by Gasteiger charge is 2.23. The Bertz CT molecular complexity index is 975. The summed E-state index contributed by atoms with van der Waals surface area (Å²) in [6.07, 6.45) is 0.143. The second-order valence-electron chi connectivity index (χ2n) is 5.81. The number of carbonyl (C=O) groups is 2. The molecule has 0 aliphatic carbocycles. The predicted molar refractivity (Wildman–Crippen MR) is 97.2 cm³/mol. The van der Waals surface area contributed by atoms with Gasteiger partial charge in [0.25, 0.3) is 0 Å². The van der Waals surface area contributed by atoms with Gasteiger partial charge in [0.2, 0.25) is 23.5 Å². The van der Waals surface area contributed by atoms with E-state index in [-0.39, 0.29) is 24.3 Å². The summed E-state index contributed by atoms with van der Waals surface area (Å²) in [6, 6.07) is 3.71. The molecular formula is C18H16F2N4O3S. The third-order valence-electron chi connectivity index (χ3n) is 3.90. The zero-order valence-corrected chi connectivity index (χ0v) is 15.6. The number of thiophene rings is 1. The van der Waals surface area contributed by atoms with Crippen molar-refractivity contribution >= 4 is 23.2 Å². The van der Waals surface area contributed by atoms with Crippen LogP contribution in [0.4, 0.5) is 8.78 Å². The lowest BCUT2D eigenvalue weighted by molar-refractivity contribution is -0.128. The van der Waals surface area contributed by atoms with Crippen LogP contribution in [0.5, 0.6) is 0 Å². The zero-order chi connectivity index (χ0) is 20.1. The highest BCUT2D eigenvalue weighted by molar-refractivity contribution is 7.08. The van der Waals surface area contributed by atoms with Gasteiger partial charge in [-0.15, -0.1) is 0 Å². The number of aryl methyl sites for hydroxylation is 1. The van der Waals surface area contributed by atoms with Gasteiger partial charge < -0.3 is 15.2 Å². The minimum Gasteiger partial charge on any atom is -0.357 e. The van der Waals surface area contributed by atoms with E-state index in [9.17, 15) is 18.4 Å². The third-order valence-corrected chi connectivity index (χ3v) is 4.59. The topological polar surface area (TPSA) is 97.1 Å². The quantitative estimate of drug-likeness (QED) is 0.629. The Kier molecular flexibility index (Phi) is 6.09. The van der Waals surface area contributed by atoms with Gasteiger partial charge in [0.05, 0.1) is 0 Å². The molecule has 0 fully saturated rings. The van der Waals surface area contributed by atoms with Gasteiger partial charge in [0.15, 0.2) is 11.6 Å². The van der Waals surface area contributed by atoms with Gasteiger partial charge in [-0.05, 0) is 29.1 Å². The van der Waals surface area contributed by atoms with Crippen LogP contribution in [0.2, 0.25) is 0 Å². The van der Waals surface area contributed by atoms with Gasteiger partial charge in [0, 0.05) is 30.8 Å². The molecule has 146 valence electrons. The number of hydrogen-bond acceptors (Lipinski definition) is 6. The van der Waals surface area contributed by atoms with E-state index < -0.39 is 29.5 Å². The number of halogens is 2. The molecule has 0 saturated carbocycles. The molecule has 3 aromatic rings. The standard InChI is InChI=1S/C18H16F2N4O3S/c1-21-18(26)16(10-2-3-12(19)13(20)8-10)22-14(25)4-5-15-23-17(24-27-15)11-6-7-28-9-11/h2-3,6-9,16H,4-5H2,1H3,(H,21,26)(H,22,25). The molecule has 0 bridgehead atoms. The molecule has 0 aliphatic heterocycles. The molecule has 0 spiro atoms. The SMILES string of the molecule is CNC(=O)C(NC(=O)CCc1nc(-c2ccsc2)no1)c1ccc(F)c(F)c1. The Morgan fingerprint density at radius 1 is 1.25 bits per heavy atom. The Labute approximate surface area is 162 Å². The van der Waals surface area contributed by atoms with Crippen molar-refractivity contribution in [2.75, 3.05) is 7.05 Å². The predicted octanol–water partition coefficient (Wildman–Crippen LogP) is 2.61. The molecule has 2 amide bonds. The van der Waals surface area contributed by atoms with Crippen molar-refractivity contribution < 1.29 is 22.9 Å². The maximum atomic E-state index is 13.5. The molecule has 2 N–H and O–H groups in total. The Morgan fingerprint density at radius 3 is 2.75 bits per heavy atom. The van der Waals surface area contributed by atoms with Crippen molar-refractivity contribution in [3.8, 4) is 11.4 Å². The largest absolute Gasteiger partial charge is 0.357 e.